The fourth-order valence-corrected chi connectivity index (χ4v) is 2.30. The molecule has 3 nitrogen and oxygen atoms in total. The third-order valence-corrected chi connectivity index (χ3v) is 3.16. The maximum absolute atomic E-state index is 4.23. The number of hydrogen-bond acceptors (Lipinski definition) is 2. The topological polar surface area (TPSA) is 21.1 Å². The molecular weight excluding hydrogens is 186 g/mol. The largest absolute Gasteiger partial charge is 0.337 e. The van der Waals surface area contributed by atoms with Gasteiger partial charge < -0.3 is 9.47 Å². The fraction of sp³-hybridized carbons (Fsp3) is 0.750. The van der Waals surface area contributed by atoms with E-state index in [-0.39, 0.29) is 0 Å². The number of imidazole rings is 1. The van der Waals surface area contributed by atoms with Crippen molar-refractivity contribution < 1.29 is 0 Å². The summed E-state index contributed by atoms with van der Waals surface area (Å²) in [4.78, 5) is 6.81. The molecule has 3 heteroatoms. The third-order valence-electron chi connectivity index (χ3n) is 3.16. The van der Waals surface area contributed by atoms with Crippen LogP contribution in [0, 0.1) is 12.8 Å². The molecule has 0 aromatic carbocycles. The summed E-state index contributed by atoms with van der Waals surface area (Å²) in [5.41, 5.74) is 1.12. The van der Waals surface area contributed by atoms with Crippen LogP contribution in [0.3, 0.4) is 0 Å². The highest BCUT2D eigenvalue weighted by Gasteiger charge is 2.17. The van der Waals surface area contributed by atoms with Crippen LogP contribution < -0.4 is 0 Å². The summed E-state index contributed by atoms with van der Waals surface area (Å²) >= 11 is 0. The van der Waals surface area contributed by atoms with Gasteiger partial charge in [0.05, 0.1) is 12.0 Å². The minimum Gasteiger partial charge on any atom is -0.337 e. The minimum absolute atomic E-state index is 0.903. The number of aromatic nitrogens is 2. The first kappa shape index (κ1) is 10.7. The SMILES string of the molecule is Cc1cn(CCCN2CCC(C)C2)cn1. The average molecular weight is 207 g/mol. The molecule has 2 heterocycles. The Morgan fingerprint density at radius 1 is 1.47 bits per heavy atom. The first-order valence-electron chi connectivity index (χ1n) is 5.95. The summed E-state index contributed by atoms with van der Waals surface area (Å²) in [6.07, 6.45) is 6.67. The Kier molecular flexibility index (Phi) is 3.41. The molecular formula is C12H21N3. The summed E-state index contributed by atoms with van der Waals surface area (Å²) in [7, 11) is 0. The van der Waals surface area contributed by atoms with Crippen LogP contribution >= 0.6 is 0 Å². The second-order valence-electron chi connectivity index (χ2n) is 4.80. The van der Waals surface area contributed by atoms with Crippen molar-refractivity contribution in [2.45, 2.75) is 33.2 Å². The molecule has 15 heavy (non-hydrogen) atoms. The molecule has 1 aromatic heterocycles. The molecule has 0 amide bonds. The predicted octanol–water partition coefficient (Wildman–Crippen LogP) is 1.92. The van der Waals surface area contributed by atoms with Crippen molar-refractivity contribution in [1.29, 1.82) is 0 Å². The quantitative estimate of drug-likeness (QED) is 0.752. The highest BCUT2D eigenvalue weighted by atomic mass is 15.1. The molecule has 2 rings (SSSR count). The number of nitrogens with zero attached hydrogens (tertiary/aromatic N) is 3. The third kappa shape index (κ3) is 3.06. The van der Waals surface area contributed by atoms with Crippen molar-refractivity contribution in [3.8, 4) is 0 Å². The molecule has 0 spiro atoms. The van der Waals surface area contributed by atoms with Gasteiger partial charge in [0.2, 0.25) is 0 Å². The molecule has 0 bridgehead atoms. The second-order valence-corrected chi connectivity index (χ2v) is 4.80. The average Bonchev–Trinajstić information content (AvgIpc) is 2.76. The van der Waals surface area contributed by atoms with Crippen molar-refractivity contribution in [1.82, 2.24) is 14.5 Å². The van der Waals surface area contributed by atoms with Crippen molar-refractivity contribution in [2.75, 3.05) is 19.6 Å². The van der Waals surface area contributed by atoms with Gasteiger partial charge in [-0.25, -0.2) is 4.98 Å². The molecule has 1 aliphatic rings. The van der Waals surface area contributed by atoms with E-state index in [1.807, 2.05) is 13.3 Å². The van der Waals surface area contributed by atoms with Gasteiger partial charge in [0.15, 0.2) is 0 Å². The lowest BCUT2D eigenvalue weighted by molar-refractivity contribution is 0.315. The summed E-state index contributed by atoms with van der Waals surface area (Å²) in [6, 6.07) is 0. The van der Waals surface area contributed by atoms with Crippen LogP contribution in [0.1, 0.15) is 25.5 Å². The Bertz CT molecular complexity index is 306. The van der Waals surface area contributed by atoms with Gasteiger partial charge in [0, 0.05) is 19.3 Å². The molecule has 0 saturated carbocycles. The second kappa shape index (κ2) is 4.79. The van der Waals surface area contributed by atoms with Gasteiger partial charge in [-0.1, -0.05) is 6.92 Å². The van der Waals surface area contributed by atoms with Gasteiger partial charge in [-0.15, -0.1) is 0 Å². The van der Waals surface area contributed by atoms with E-state index in [0.29, 0.717) is 0 Å². The van der Waals surface area contributed by atoms with E-state index < -0.39 is 0 Å². The maximum atomic E-state index is 4.23. The Balaban J connectivity index is 1.67. The highest BCUT2D eigenvalue weighted by Crippen LogP contribution is 2.14. The van der Waals surface area contributed by atoms with Crippen molar-refractivity contribution >= 4 is 0 Å². The van der Waals surface area contributed by atoms with Crippen LogP contribution in [0.4, 0.5) is 0 Å². The van der Waals surface area contributed by atoms with E-state index >= 15 is 0 Å². The number of aryl methyl sites for hydroxylation is 2. The molecule has 1 unspecified atom stereocenters. The molecule has 1 aliphatic heterocycles. The van der Waals surface area contributed by atoms with Crippen LogP contribution in [-0.2, 0) is 6.54 Å². The molecule has 84 valence electrons. The van der Waals surface area contributed by atoms with Gasteiger partial charge in [-0.3, -0.25) is 0 Å². The molecule has 1 aromatic rings. The first-order valence-corrected chi connectivity index (χ1v) is 5.95. The van der Waals surface area contributed by atoms with Gasteiger partial charge in [-0.05, 0) is 38.8 Å². The number of likely N-dealkylation sites (tertiary alicyclic amines) is 1. The zero-order valence-electron chi connectivity index (χ0n) is 9.82. The van der Waals surface area contributed by atoms with E-state index in [1.54, 1.807) is 0 Å². The molecule has 1 fully saturated rings. The number of rotatable bonds is 4. The summed E-state index contributed by atoms with van der Waals surface area (Å²) < 4.78 is 2.19. The van der Waals surface area contributed by atoms with E-state index in [4.69, 9.17) is 0 Å². The predicted molar refractivity (Wildman–Crippen MR) is 61.8 cm³/mol. The Labute approximate surface area is 92.1 Å². The van der Waals surface area contributed by atoms with Crippen LogP contribution in [0.25, 0.3) is 0 Å². The maximum Gasteiger partial charge on any atom is 0.0949 e. The Morgan fingerprint density at radius 3 is 2.93 bits per heavy atom. The lowest BCUT2D eigenvalue weighted by Crippen LogP contribution is -2.22. The monoisotopic (exact) mass is 207 g/mol. The molecule has 0 aliphatic carbocycles. The van der Waals surface area contributed by atoms with Crippen molar-refractivity contribution in [2.24, 2.45) is 5.92 Å². The van der Waals surface area contributed by atoms with E-state index in [1.165, 1.54) is 32.5 Å². The highest BCUT2D eigenvalue weighted by molar-refractivity contribution is 4.91. The van der Waals surface area contributed by atoms with Gasteiger partial charge in [0.25, 0.3) is 0 Å². The molecule has 1 saturated heterocycles. The van der Waals surface area contributed by atoms with E-state index in [0.717, 1.165) is 18.2 Å². The Hall–Kier alpha value is -0.830. The normalized spacial score (nSPS) is 22.4. The fourth-order valence-electron chi connectivity index (χ4n) is 2.30. The van der Waals surface area contributed by atoms with Crippen LogP contribution in [0.2, 0.25) is 0 Å². The minimum atomic E-state index is 0.903. The van der Waals surface area contributed by atoms with Crippen molar-refractivity contribution in [3.63, 3.8) is 0 Å². The number of hydrogen-bond donors (Lipinski definition) is 0. The Morgan fingerprint density at radius 2 is 2.33 bits per heavy atom. The summed E-state index contributed by atoms with van der Waals surface area (Å²) in [5.74, 6) is 0.903. The summed E-state index contributed by atoms with van der Waals surface area (Å²) in [6.45, 7) is 9.32. The van der Waals surface area contributed by atoms with Crippen LogP contribution in [-0.4, -0.2) is 34.1 Å². The smallest absolute Gasteiger partial charge is 0.0949 e. The zero-order valence-corrected chi connectivity index (χ0v) is 9.82. The van der Waals surface area contributed by atoms with E-state index in [2.05, 4.69) is 27.6 Å². The molecule has 0 N–H and O–H groups in total. The van der Waals surface area contributed by atoms with Gasteiger partial charge in [0.1, 0.15) is 0 Å². The first-order chi connectivity index (χ1) is 7.24. The lowest BCUT2D eigenvalue weighted by Gasteiger charge is -2.14. The molecule has 0 radical (unpaired) electrons. The molecule has 1 atom stereocenters. The lowest BCUT2D eigenvalue weighted by atomic mass is 10.2. The van der Waals surface area contributed by atoms with Crippen LogP contribution in [0.5, 0.6) is 0 Å². The van der Waals surface area contributed by atoms with Crippen LogP contribution in [0.15, 0.2) is 12.5 Å². The summed E-state index contributed by atoms with van der Waals surface area (Å²) in [5, 5.41) is 0. The van der Waals surface area contributed by atoms with Gasteiger partial charge >= 0.3 is 0 Å². The zero-order chi connectivity index (χ0) is 10.7. The van der Waals surface area contributed by atoms with Gasteiger partial charge in [-0.2, -0.15) is 0 Å². The standard InChI is InChI=1S/C12H21N3/c1-11-4-7-14(8-11)5-3-6-15-9-12(2)13-10-15/h9-11H,3-8H2,1-2H3. The van der Waals surface area contributed by atoms with Crippen molar-refractivity contribution in [3.05, 3.63) is 18.2 Å². The van der Waals surface area contributed by atoms with E-state index in [9.17, 15) is 0 Å².